The number of fused-ring (bicyclic) bond motifs is 1. The van der Waals surface area contributed by atoms with Crippen molar-refractivity contribution in [3.8, 4) is 0 Å². The first-order chi connectivity index (χ1) is 11.2. The Hall–Kier alpha value is -1.73. The highest BCUT2D eigenvalue weighted by Crippen LogP contribution is 2.22. The molecule has 3 aromatic rings. The van der Waals surface area contributed by atoms with Gasteiger partial charge in [-0.3, -0.25) is 4.90 Å². The zero-order valence-corrected chi connectivity index (χ0v) is 13.8. The third-order valence-corrected chi connectivity index (χ3v) is 4.42. The van der Waals surface area contributed by atoms with E-state index in [0.717, 1.165) is 16.3 Å². The average Bonchev–Trinajstić information content (AvgIpc) is 3.15. The topological polar surface area (TPSA) is 58.7 Å². The summed E-state index contributed by atoms with van der Waals surface area (Å²) in [6.07, 6.45) is 1.07. The third kappa shape index (κ3) is 4.62. The van der Waals surface area contributed by atoms with Crippen molar-refractivity contribution in [1.29, 1.82) is 0 Å². The van der Waals surface area contributed by atoms with E-state index in [1.807, 2.05) is 37.4 Å². The average molecular weight is 332 g/mol. The van der Waals surface area contributed by atoms with Gasteiger partial charge in [-0.1, -0.05) is 12.1 Å². The Morgan fingerprint density at radius 3 is 2.96 bits per heavy atom. The molecule has 1 aromatic carbocycles. The molecule has 0 amide bonds. The lowest BCUT2D eigenvalue weighted by molar-refractivity contribution is 0.00768. The summed E-state index contributed by atoms with van der Waals surface area (Å²) in [6.45, 7) is 1.92. The van der Waals surface area contributed by atoms with Crippen LogP contribution in [0.5, 0.6) is 0 Å². The Labute approximate surface area is 139 Å². The number of hydrogen-bond donors (Lipinski definition) is 1. The predicted molar refractivity (Wildman–Crippen MR) is 90.3 cm³/mol. The zero-order valence-electron chi connectivity index (χ0n) is 13.0. The number of rotatable bonds is 8. The molecule has 0 fully saturated rings. The molecule has 0 aliphatic heterocycles. The van der Waals surface area contributed by atoms with Crippen LogP contribution in [0.1, 0.15) is 10.8 Å². The highest BCUT2D eigenvalue weighted by molar-refractivity contribution is 7.18. The fourth-order valence-corrected chi connectivity index (χ4v) is 3.43. The Morgan fingerprint density at radius 1 is 1.30 bits per heavy atom. The number of furan rings is 1. The molecule has 23 heavy (non-hydrogen) atoms. The van der Waals surface area contributed by atoms with Crippen LogP contribution >= 0.6 is 11.3 Å². The Balaban J connectivity index is 1.43. The van der Waals surface area contributed by atoms with E-state index in [0.29, 0.717) is 19.7 Å². The second-order valence-corrected chi connectivity index (χ2v) is 6.64. The first-order valence-electron chi connectivity index (χ1n) is 7.52. The van der Waals surface area contributed by atoms with Crippen molar-refractivity contribution in [2.75, 3.05) is 20.2 Å². The van der Waals surface area contributed by atoms with Crippen LogP contribution in [0, 0.1) is 0 Å². The molecule has 1 N–H and O–H groups in total. The second kappa shape index (κ2) is 7.70. The number of para-hydroxylation sites is 1. The maximum absolute atomic E-state index is 10.1. The van der Waals surface area contributed by atoms with Crippen LogP contribution in [-0.4, -0.2) is 41.3 Å². The van der Waals surface area contributed by atoms with Gasteiger partial charge in [0.2, 0.25) is 0 Å². The fraction of sp³-hybridized carbons (Fsp3) is 0.353. The van der Waals surface area contributed by atoms with Crippen molar-refractivity contribution in [3.63, 3.8) is 0 Å². The number of aromatic nitrogens is 1. The fourth-order valence-electron chi connectivity index (χ4n) is 2.39. The van der Waals surface area contributed by atoms with Gasteiger partial charge < -0.3 is 14.3 Å². The highest BCUT2D eigenvalue weighted by atomic mass is 32.1. The van der Waals surface area contributed by atoms with Crippen LogP contribution in [0.4, 0.5) is 0 Å². The van der Waals surface area contributed by atoms with Crippen LogP contribution in [-0.2, 0) is 17.9 Å². The SMILES string of the molecule is CN(Cc1nc2ccccc2s1)C[C@@H](O)COCc1ccco1. The maximum atomic E-state index is 10.1. The van der Waals surface area contributed by atoms with Gasteiger partial charge in [-0.15, -0.1) is 11.3 Å². The van der Waals surface area contributed by atoms with Crippen molar-refractivity contribution < 1.29 is 14.3 Å². The molecule has 0 aliphatic carbocycles. The van der Waals surface area contributed by atoms with Crippen LogP contribution in [0.2, 0.25) is 0 Å². The molecule has 5 nitrogen and oxygen atoms in total. The normalized spacial score (nSPS) is 13.0. The summed E-state index contributed by atoms with van der Waals surface area (Å²) in [7, 11) is 1.97. The van der Waals surface area contributed by atoms with Gasteiger partial charge in [0, 0.05) is 6.54 Å². The molecule has 0 bridgehead atoms. The summed E-state index contributed by atoms with van der Waals surface area (Å²) in [5, 5.41) is 11.1. The molecule has 0 unspecified atom stereocenters. The molecular weight excluding hydrogens is 312 g/mol. The lowest BCUT2D eigenvalue weighted by atomic mass is 10.3. The van der Waals surface area contributed by atoms with Crippen molar-refractivity contribution in [3.05, 3.63) is 53.4 Å². The first kappa shape index (κ1) is 16.1. The molecule has 0 radical (unpaired) electrons. The minimum absolute atomic E-state index is 0.283. The lowest BCUT2D eigenvalue weighted by Crippen LogP contribution is -2.31. The number of ether oxygens (including phenoxy) is 1. The van der Waals surface area contributed by atoms with Crippen molar-refractivity contribution in [2.24, 2.45) is 0 Å². The van der Waals surface area contributed by atoms with E-state index in [4.69, 9.17) is 9.15 Å². The molecule has 2 aromatic heterocycles. The maximum Gasteiger partial charge on any atom is 0.129 e. The summed E-state index contributed by atoms with van der Waals surface area (Å²) in [4.78, 5) is 6.66. The minimum Gasteiger partial charge on any atom is -0.467 e. The van der Waals surface area contributed by atoms with Gasteiger partial charge in [0.05, 0.1) is 35.7 Å². The number of nitrogens with zero attached hydrogens (tertiary/aromatic N) is 2. The summed E-state index contributed by atoms with van der Waals surface area (Å²) in [5.41, 5.74) is 1.03. The second-order valence-electron chi connectivity index (χ2n) is 5.52. The van der Waals surface area contributed by atoms with E-state index in [2.05, 4.69) is 16.0 Å². The standard InChI is InChI=1S/C17H20N2O3S/c1-19(9-13(20)11-21-12-14-5-4-8-22-14)10-17-18-15-6-2-3-7-16(15)23-17/h2-8,13,20H,9-12H2,1H3/t13-/m1/s1. The van der Waals surface area contributed by atoms with Crippen LogP contribution in [0.25, 0.3) is 10.2 Å². The molecule has 2 heterocycles. The van der Waals surface area contributed by atoms with Crippen molar-refractivity contribution >= 4 is 21.6 Å². The molecule has 0 aliphatic rings. The highest BCUT2D eigenvalue weighted by Gasteiger charge is 2.11. The molecule has 0 saturated carbocycles. The number of benzene rings is 1. The van der Waals surface area contributed by atoms with E-state index >= 15 is 0 Å². The Kier molecular flexibility index (Phi) is 5.40. The van der Waals surface area contributed by atoms with Crippen molar-refractivity contribution in [1.82, 2.24) is 9.88 Å². The Bertz CT molecular complexity index is 693. The summed E-state index contributed by atoms with van der Waals surface area (Å²) < 4.78 is 11.8. The molecule has 1 atom stereocenters. The summed E-state index contributed by atoms with van der Waals surface area (Å²) in [6, 6.07) is 11.8. The first-order valence-corrected chi connectivity index (χ1v) is 8.33. The lowest BCUT2D eigenvalue weighted by Gasteiger charge is -2.19. The number of aliphatic hydroxyl groups is 1. The zero-order chi connectivity index (χ0) is 16.1. The number of aliphatic hydroxyl groups excluding tert-OH is 1. The number of likely N-dealkylation sites (N-methyl/N-ethyl adjacent to an activating group) is 1. The van der Waals surface area contributed by atoms with Gasteiger partial charge in [-0.25, -0.2) is 4.98 Å². The molecule has 0 saturated heterocycles. The van der Waals surface area contributed by atoms with E-state index in [1.54, 1.807) is 17.6 Å². The van der Waals surface area contributed by atoms with Gasteiger partial charge in [0.25, 0.3) is 0 Å². The van der Waals surface area contributed by atoms with E-state index < -0.39 is 6.10 Å². The van der Waals surface area contributed by atoms with E-state index in [9.17, 15) is 5.11 Å². The summed E-state index contributed by atoms with van der Waals surface area (Å²) in [5.74, 6) is 0.764. The van der Waals surface area contributed by atoms with E-state index in [-0.39, 0.29) is 6.61 Å². The van der Waals surface area contributed by atoms with Gasteiger partial charge in [-0.2, -0.15) is 0 Å². The van der Waals surface area contributed by atoms with Gasteiger partial charge in [0.15, 0.2) is 0 Å². The van der Waals surface area contributed by atoms with Crippen LogP contribution < -0.4 is 0 Å². The quantitative estimate of drug-likeness (QED) is 0.687. The monoisotopic (exact) mass is 332 g/mol. The smallest absolute Gasteiger partial charge is 0.129 e. The van der Waals surface area contributed by atoms with Gasteiger partial charge in [0.1, 0.15) is 17.4 Å². The molecule has 3 rings (SSSR count). The largest absolute Gasteiger partial charge is 0.467 e. The molecular formula is C17H20N2O3S. The van der Waals surface area contributed by atoms with Crippen LogP contribution in [0.15, 0.2) is 47.1 Å². The van der Waals surface area contributed by atoms with Gasteiger partial charge >= 0.3 is 0 Å². The van der Waals surface area contributed by atoms with Gasteiger partial charge in [-0.05, 0) is 31.3 Å². The Morgan fingerprint density at radius 2 is 2.17 bits per heavy atom. The number of thiazole rings is 1. The predicted octanol–water partition coefficient (Wildman–Crippen LogP) is 2.90. The van der Waals surface area contributed by atoms with Crippen LogP contribution in [0.3, 0.4) is 0 Å². The summed E-state index contributed by atoms with van der Waals surface area (Å²) >= 11 is 1.69. The van der Waals surface area contributed by atoms with Crippen molar-refractivity contribution in [2.45, 2.75) is 19.3 Å². The molecule has 122 valence electrons. The minimum atomic E-state index is -0.538. The number of hydrogen-bond acceptors (Lipinski definition) is 6. The van der Waals surface area contributed by atoms with E-state index in [1.165, 1.54) is 4.70 Å². The molecule has 6 heteroatoms. The third-order valence-electron chi connectivity index (χ3n) is 3.40. The molecule has 0 spiro atoms.